The summed E-state index contributed by atoms with van der Waals surface area (Å²) in [4.78, 5) is 25.7. The Labute approximate surface area is 162 Å². The van der Waals surface area contributed by atoms with Gasteiger partial charge in [-0.3, -0.25) is 9.59 Å². The second kappa shape index (κ2) is 12.8. The molecule has 0 aliphatic rings. The maximum absolute atomic E-state index is 12.6. The highest BCUT2D eigenvalue weighted by molar-refractivity contribution is 5.92. The molecule has 0 N–H and O–H groups in total. The highest BCUT2D eigenvalue weighted by Gasteiger charge is 2.13. The summed E-state index contributed by atoms with van der Waals surface area (Å²) in [7, 11) is 2.93. The minimum atomic E-state index is -0.316. The van der Waals surface area contributed by atoms with Crippen molar-refractivity contribution in [3.63, 3.8) is 0 Å². The summed E-state index contributed by atoms with van der Waals surface area (Å²) in [6.45, 7) is 5.55. The number of amides is 1. The number of ether oxygens (including phenoxy) is 3. The predicted octanol–water partition coefficient (Wildman–Crippen LogP) is 3.69. The first-order chi connectivity index (χ1) is 13.0. The zero-order valence-corrected chi connectivity index (χ0v) is 16.8. The Morgan fingerprint density at radius 1 is 1.07 bits per heavy atom. The summed E-state index contributed by atoms with van der Waals surface area (Å²) in [6, 6.07) is 5.51. The Kier molecular flexibility index (Phi) is 10.7. The molecule has 1 rings (SSSR count). The van der Waals surface area contributed by atoms with Gasteiger partial charge in [-0.15, -0.1) is 0 Å². The first-order valence-corrected chi connectivity index (χ1v) is 9.40. The number of hydrogen-bond acceptors (Lipinski definition) is 5. The van der Waals surface area contributed by atoms with E-state index in [0.29, 0.717) is 31.2 Å². The summed E-state index contributed by atoms with van der Waals surface area (Å²) >= 11 is 0. The second-order valence-corrected chi connectivity index (χ2v) is 6.04. The van der Waals surface area contributed by atoms with Gasteiger partial charge in [-0.25, -0.2) is 0 Å². The van der Waals surface area contributed by atoms with E-state index in [1.54, 1.807) is 18.1 Å². The Bertz CT molecular complexity index is 627. The van der Waals surface area contributed by atoms with Crippen LogP contribution in [0.2, 0.25) is 0 Å². The van der Waals surface area contributed by atoms with Crippen LogP contribution in [0.25, 0.3) is 6.08 Å². The number of hydrogen-bond donors (Lipinski definition) is 0. The van der Waals surface area contributed by atoms with Crippen LogP contribution in [0, 0.1) is 0 Å². The normalized spacial score (nSPS) is 10.7. The molecule has 0 spiro atoms. The van der Waals surface area contributed by atoms with Gasteiger partial charge in [0.2, 0.25) is 5.91 Å². The first kappa shape index (κ1) is 22.5. The van der Waals surface area contributed by atoms with E-state index in [4.69, 9.17) is 9.47 Å². The fourth-order valence-corrected chi connectivity index (χ4v) is 2.55. The van der Waals surface area contributed by atoms with Crippen LogP contribution in [0.3, 0.4) is 0 Å². The molecular formula is C21H31NO5. The van der Waals surface area contributed by atoms with Gasteiger partial charge in [0.25, 0.3) is 0 Å². The smallest absolute Gasteiger partial charge is 0.307 e. The lowest BCUT2D eigenvalue weighted by molar-refractivity contribution is -0.141. The van der Waals surface area contributed by atoms with E-state index < -0.39 is 0 Å². The number of carbonyl (C=O) groups is 2. The zero-order chi connectivity index (χ0) is 20.1. The summed E-state index contributed by atoms with van der Waals surface area (Å²) < 4.78 is 15.5. The molecule has 0 fully saturated rings. The number of benzene rings is 1. The maximum Gasteiger partial charge on any atom is 0.307 e. The van der Waals surface area contributed by atoms with Crippen molar-refractivity contribution in [3.05, 3.63) is 29.8 Å². The average molecular weight is 377 g/mol. The monoisotopic (exact) mass is 377 g/mol. The fourth-order valence-electron chi connectivity index (χ4n) is 2.55. The molecule has 150 valence electrons. The highest BCUT2D eigenvalue weighted by Crippen LogP contribution is 2.28. The highest BCUT2D eigenvalue weighted by atomic mass is 16.5. The third kappa shape index (κ3) is 8.15. The zero-order valence-electron chi connectivity index (χ0n) is 16.8. The Morgan fingerprint density at radius 2 is 1.85 bits per heavy atom. The largest absolute Gasteiger partial charge is 0.493 e. The van der Waals surface area contributed by atoms with Crippen molar-refractivity contribution in [2.75, 3.05) is 33.9 Å². The number of methoxy groups -OCH3 is 2. The van der Waals surface area contributed by atoms with Crippen LogP contribution in [-0.2, 0) is 14.3 Å². The SMILES string of the molecule is CCCCCN(CCC(=O)OC)C(=O)/C=C/c1ccc(OCC)c(OC)c1. The summed E-state index contributed by atoms with van der Waals surface area (Å²) in [5.74, 6) is 0.853. The molecule has 0 saturated heterocycles. The maximum atomic E-state index is 12.6. The molecule has 0 radical (unpaired) electrons. The molecule has 0 aliphatic heterocycles. The molecular weight excluding hydrogens is 346 g/mol. The van der Waals surface area contributed by atoms with Crippen LogP contribution in [0.4, 0.5) is 0 Å². The van der Waals surface area contributed by atoms with Gasteiger partial charge in [-0.1, -0.05) is 25.8 Å². The van der Waals surface area contributed by atoms with Crippen LogP contribution >= 0.6 is 0 Å². The summed E-state index contributed by atoms with van der Waals surface area (Å²) in [6.07, 6.45) is 6.49. The van der Waals surface area contributed by atoms with Gasteiger partial charge >= 0.3 is 5.97 Å². The van der Waals surface area contributed by atoms with E-state index in [-0.39, 0.29) is 18.3 Å². The van der Waals surface area contributed by atoms with Crippen LogP contribution < -0.4 is 9.47 Å². The molecule has 1 aromatic carbocycles. The molecule has 6 heteroatoms. The van der Waals surface area contributed by atoms with Crippen LogP contribution in [0.1, 0.15) is 45.1 Å². The molecule has 27 heavy (non-hydrogen) atoms. The standard InChI is InChI=1S/C21H31NO5/c1-5-7-8-14-22(15-13-21(24)26-4)20(23)12-10-17-9-11-18(27-6-2)19(16-17)25-3/h9-12,16H,5-8,13-15H2,1-4H3/b12-10+. The van der Waals surface area contributed by atoms with Crippen molar-refractivity contribution < 1.29 is 23.8 Å². The number of nitrogens with zero attached hydrogens (tertiary/aromatic N) is 1. The van der Waals surface area contributed by atoms with Gasteiger partial charge < -0.3 is 19.1 Å². The molecule has 1 aromatic rings. The van der Waals surface area contributed by atoms with Crippen molar-refractivity contribution in [2.24, 2.45) is 0 Å². The van der Waals surface area contributed by atoms with E-state index in [2.05, 4.69) is 11.7 Å². The lowest BCUT2D eigenvalue weighted by Gasteiger charge is -2.20. The Morgan fingerprint density at radius 3 is 2.48 bits per heavy atom. The lowest BCUT2D eigenvalue weighted by atomic mass is 10.1. The van der Waals surface area contributed by atoms with E-state index in [9.17, 15) is 9.59 Å². The third-order valence-corrected chi connectivity index (χ3v) is 4.06. The van der Waals surface area contributed by atoms with Gasteiger partial charge in [0, 0.05) is 19.2 Å². The van der Waals surface area contributed by atoms with E-state index in [1.807, 2.05) is 25.1 Å². The van der Waals surface area contributed by atoms with Crippen LogP contribution in [0.15, 0.2) is 24.3 Å². The number of rotatable bonds is 12. The lowest BCUT2D eigenvalue weighted by Crippen LogP contribution is -2.32. The first-order valence-electron chi connectivity index (χ1n) is 9.40. The number of esters is 1. The van der Waals surface area contributed by atoms with E-state index >= 15 is 0 Å². The number of carbonyl (C=O) groups excluding carboxylic acids is 2. The molecule has 0 bridgehead atoms. The quantitative estimate of drug-likeness (QED) is 0.316. The van der Waals surface area contributed by atoms with Crippen molar-refractivity contribution >= 4 is 18.0 Å². The minimum Gasteiger partial charge on any atom is -0.493 e. The third-order valence-electron chi connectivity index (χ3n) is 4.06. The molecule has 1 amide bonds. The fraction of sp³-hybridized carbons (Fsp3) is 0.524. The predicted molar refractivity (Wildman–Crippen MR) is 106 cm³/mol. The van der Waals surface area contributed by atoms with Gasteiger partial charge in [0.1, 0.15) is 0 Å². The Hall–Kier alpha value is -2.50. The van der Waals surface area contributed by atoms with Crippen LogP contribution in [0.5, 0.6) is 11.5 Å². The molecule has 0 saturated carbocycles. The summed E-state index contributed by atoms with van der Waals surface area (Å²) in [5.41, 5.74) is 0.838. The van der Waals surface area contributed by atoms with Crippen molar-refractivity contribution in [3.8, 4) is 11.5 Å². The van der Waals surface area contributed by atoms with Crippen LogP contribution in [-0.4, -0.2) is 50.7 Å². The average Bonchev–Trinajstić information content (AvgIpc) is 2.69. The second-order valence-electron chi connectivity index (χ2n) is 6.04. The van der Waals surface area contributed by atoms with E-state index in [1.165, 1.54) is 13.2 Å². The Balaban J connectivity index is 2.80. The van der Waals surface area contributed by atoms with Gasteiger partial charge in [-0.2, -0.15) is 0 Å². The molecule has 6 nitrogen and oxygen atoms in total. The number of unbranched alkanes of at least 4 members (excludes halogenated alkanes) is 2. The van der Waals surface area contributed by atoms with Crippen molar-refractivity contribution in [2.45, 2.75) is 39.5 Å². The summed E-state index contributed by atoms with van der Waals surface area (Å²) in [5, 5.41) is 0. The molecule has 0 atom stereocenters. The van der Waals surface area contributed by atoms with Gasteiger partial charge in [-0.05, 0) is 37.1 Å². The molecule has 0 heterocycles. The molecule has 0 aliphatic carbocycles. The van der Waals surface area contributed by atoms with Gasteiger partial charge in [0.15, 0.2) is 11.5 Å². The van der Waals surface area contributed by atoms with Gasteiger partial charge in [0.05, 0.1) is 27.2 Å². The van der Waals surface area contributed by atoms with E-state index in [0.717, 1.165) is 24.8 Å². The topological polar surface area (TPSA) is 65.1 Å². The van der Waals surface area contributed by atoms with Crippen molar-refractivity contribution in [1.29, 1.82) is 0 Å². The molecule has 0 aromatic heterocycles. The van der Waals surface area contributed by atoms with Crippen molar-refractivity contribution in [1.82, 2.24) is 4.90 Å². The molecule has 0 unspecified atom stereocenters. The minimum absolute atomic E-state index is 0.122.